The predicted octanol–water partition coefficient (Wildman–Crippen LogP) is 2.20. The molecule has 0 aromatic rings. The Labute approximate surface area is 94.1 Å². The van der Waals surface area contributed by atoms with E-state index in [1.165, 1.54) is 5.20 Å². The van der Waals surface area contributed by atoms with Crippen LogP contribution >= 0.6 is 0 Å². The van der Waals surface area contributed by atoms with Crippen LogP contribution in [0.25, 0.3) is 0 Å². The van der Waals surface area contributed by atoms with Crippen LogP contribution in [0.2, 0.25) is 6.55 Å². The van der Waals surface area contributed by atoms with E-state index in [0.717, 1.165) is 6.42 Å². The van der Waals surface area contributed by atoms with Gasteiger partial charge in [0.2, 0.25) is 0 Å². The standard InChI is InChI=1S/C6H9Si.3CH3.Zr/c1-7-6-4-2-3-5-6;;;;/h2,4H,3,7H2,1H3;3*1H3;/q4*-1;+4. The molecule has 0 atom stereocenters. The Morgan fingerprint density at radius 3 is 2.09 bits per heavy atom. The first kappa shape index (κ1) is 22.6. The molecule has 0 aromatic carbocycles. The molecule has 1 aliphatic carbocycles. The maximum atomic E-state index is 3.27. The van der Waals surface area contributed by atoms with E-state index in [0.29, 0.717) is 0 Å². The van der Waals surface area contributed by atoms with Gasteiger partial charge in [-0.05, 0) is 0 Å². The molecular weight excluding hydrogens is 227 g/mol. The normalized spacial score (nSPS) is 12.3. The number of rotatable bonds is 1. The minimum atomic E-state index is 0. The Morgan fingerprint density at radius 1 is 1.36 bits per heavy atom. The summed E-state index contributed by atoms with van der Waals surface area (Å²) in [5, 5.41) is 1.50. The number of hydrogen-bond acceptors (Lipinski definition) is 0. The molecule has 1 aliphatic rings. The molecule has 0 saturated carbocycles. The summed E-state index contributed by atoms with van der Waals surface area (Å²) in [6.45, 7) is 2.29. The van der Waals surface area contributed by atoms with Crippen molar-refractivity contribution in [1.29, 1.82) is 0 Å². The first-order valence-corrected chi connectivity index (χ1v) is 4.82. The van der Waals surface area contributed by atoms with Gasteiger partial charge >= 0.3 is 26.2 Å². The van der Waals surface area contributed by atoms with E-state index in [1.54, 1.807) is 0 Å². The molecule has 0 heterocycles. The van der Waals surface area contributed by atoms with Crippen molar-refractivity contribution in [2.45, 2.75) is 13.0 Å². The summed E-state index contributed by atoms with van der Waals surface area (Å²) >= 11 is 0. The van der Waals surface area contributed by atoms with Gasteiger partial charge in [-0.25, -0.2) is 11.3 Å². The molecule has 0 radical (unpaired) electrons. The van der Waals surface area contributed by atoms with Crippen LogP contribution < -0.4 is 0 Å². The van der Waals surface area contributed by atoms with E-state index in [-0.39, 0.29) is 58.0 Å². The van der Waals surface area contributed by atoms with Gasteiger partial charge in [0.1, 0.15) is 0 Å². The molecule has 0 amide bonds. The van der Waals surface area contributed by atoms with Crippen LogP contribution in [0.1, 0.15) is 6.42 Å². The van der Waals surface area contributed by atoms with Gasteiger partial charge in [-0.15, -0.1) is 6.42 Å². The maximum Gasteiger partial charge on any atom is 4.00 e. The van der Waals surface area contributed by atoms with Crippen molar-refractivity contribution >= 4 is 9.52 Å². The van der Waals surface area contributed by atoms with Gasteiger partial charge in [-0.1, -0.05) is 6.55 Å². The van der Waals surface area contributed by atoms with E-state index >= 15 is 0 Å². The molecule has 1 rings (SSSR count). The zero-order chi connectivity index (χ0) is 5.11. The van der Waals surface area contributed by atoms with Gasteiger partial charge in [0.05, 0.1) is 0 Å². The Morgan fingerprint density at radius 2 is 1.91 bits per heavy atom. The largest absolute Gasteiger partial charge is 4.00 e. The molecular formula is C9H18SiZr. The monoisotopic (exact) mass is 244 g/mol. The predicted molar refractivity (Wildman–Crippen MR) is 54.2 cm³/mol. The Bertz CT molecular complexity index is 117. The van der Waals surface area contributed by atoms with E-state index in [1.807, 2.05) is 0 Å². The first-order valence-electron chi connectivity index (χ1n) is 2.69. The van der Waals surface area contributed by atoms with Gasteiger partial charge < -0.3 is 22.3 Å². The van der Waals surface area contributed by atoms with Crippen molar-refractivity contribution in [3.63, 3.8) is 0 Å². The average molecular weight is 246 g/mol. The van der Waals surface area contributed by atoms with Crippen molar-refractivity contribution in [2.24, 2.45) is 0 Å². The minimum absolute atomic E-state index is 0. The summed E-state index contributed by atoms with van der Waals surface area (Å²) in [7, 11) is 0.109. The van der Waals surface area contributed by atoms with Crippen LogP contribution in [0.5, 0.6) is 0 Å². The summed E-state index contributed by atoms with van der Waals surface area (Å²) in [6.07, 6.45) is 8.71. The molecule has 0 fully saturated rings. The second-order valence-electron chi connectivity index (χ2n) is 1.66. The smallest absolute Gasteiger partial charge is 0.358 e. The van der Waals surface area contributed by atoms with E-state index in [4.69, 9.17) is 0 Å². The van der Waals surface area contributed by atoms with Crippen LogP contribution in [0.3, 0.4) is 0 Å². The number of hydrogen-bond donors (Lipinski definition) is 0. The molecule has 0 unspecified atom stereocenters. The first-order chi connectivity index (χ1) is 3.43. The van der Waals surface area contributed by atoms with Crippen LogP contribution in [0.4, 0.5) is 0 Å². The van der Waals surface area contributed by atoms with E-state index in [2.05, 4.69) is 24.8 Å². The average Bonchev–Trinajstić information content (AvgIpc) is 2.14. The molecule has 62 valence electrons. The van der Waals surface area contributed by atoms with Gasteiger partial charge in [0.25, 0.3) is 0 Å². The molecule has 2 heteroatoms. The maximum absolute atomic E-state index is 3.27. The van der Waals surface area contributed by atoms with Crippen molar-refractivity contribution in [3.05, 3.63) is 45.7 Å². The molecule has 0 aliphatic heterocycles. The summed E-state index contributed by atoms with van der Waals surface area (Å²) in [5.41, 5.74) is 0. The molecule has 0 saturated heterocycles. The third kappa shape index (κ3) is 8.49. The van der Waals surface area contributed by atoms with Crippen LogP contribution in [0.15, 0.2) is 17.3 Å². The van der Waals surface area contributed by atoms with Crippen LogP contribution in [0, 0.1) is 28.4 Å². The zero-order valence-corrected chi connectivity index (χ0v) is 11.9. The van der Waals surface area contributed by atoms with Crippen LogP contribution in [-0.2, 0) is 26.2 Å². The van der Waals surface area contributed by atoms with Gasteiger partial charge in [0, 0.05) is 9.52 Å². The van der Waals surface area contributed by atoms with Crippen molar-refractivity contribution in [1.82, 2.24) is 0 Å². The molecule has 0 bridgehead atoms. The fourth-order valence-corrected chi connectivity index (χ4v) is 1.49. The third-order valence-electron chi connectivity index (χ3n) is 1.15. The fourth-order valence-electron chi connectivity index (χ4n) is 0.693. The van der Waals surface area contributed by atoms with Gasteiger partial charge in [-0.3, -0.25) is 6.08 Å². The summed E-state index contributed by atoms with van der Waals surface area (Å²) in [5.74, 6) is 0. The molecule has 11 heavy (non-hydrogen) atoms. The van der Waals surface area contributed by atoms with Gasteiger partial charge in [0.15, 0.2) is 0 Å². The van der Waals surface area contributed by atoms with Crippen molar-refractivity contribution in [2.75, 3.05) is 0 Å². The van der Waals surface area contributed by atoms with Crippen LogP contribution in [-0.4, -0.2) is 9.52 Å². The Hall–Kier alpha value is 0.580. The topological polar surface area (TPSA) is 0 Å². The Balaban J connectivity index is -0.0000000612. The van der Waals surface area contributed by atoms with E-state index in [9.17, 15) is 0 Å². The second-order valence-corrected chi connectivity index (χ2v) is 3.13. The summed E-state index contributed by atoms with van der Waals surface area (Å²) in [4.78, 5) is 0. The summed E-state index contributed by atoms with van der Waals surface area (Å²) in [6, 6.07) is 0. The SMILES string of the molecule is C[SiH2]C1=[C-]CC=C1.[CH3-].[CH3-].[CH3-].[Zr+4]. The third-order valence-corrected chi connectivity index (χ3v) is 2.39. The Kier molecular flexibility index (Phi) is 27.1. The molecule has 0 spiro atoms. The van der Waals surface area contributed by atoms with Crippen molar-refractivity contribution in [3.8, 4) is 0 Å². The summed E-state index contributed by atoms with van der Waals surface area (Å²) < 4.78 is 0. The second kappa shape index (κ2) is 13.2. The molecule has 0 nitrogen and oxygen atoms in total. The quantitative estimate of drug-likeness (QED) is 0.491. The van der Waals surface area contributed by atoms with E-state index < -0.39 is 0 Å². The minimum Gasteiger partial charge on any atom is -0.358 e. The van der Waals surface area contributed by atoms with Crippen molar-refractivity contribution < 1.29 is 26.2 Å². The fraction of sp³-hybridized carbons (Fsp3) is 0.222. The zero-order valence-electron chi connectivity index (χ0n) is 8.07. The molecule has 0 aromatic heterocycles. The molecule has 0 N–H and O–H groups in total. The van der Waals surface area contributed by atoms with Gasteiger partial charge in [-0.2, -0.15) is 6.08 Å². The number of allylic oxidation sites excluding steroid dienone is 4.